The minimum atomic E-state index is -4.44. The van der Waals surface area contributed by atoms with Crippen LogP contribution in [0.1, 0.15) is 75.6 Å². The Morgan fingerprint density at radius 2 is 1.59 bits per heavy atom. The van der Waals surface area contributed by atoms with E-state index in [1.807, 2.05) is 19.1 Å². The molecule has 0 aromatic heterocycles. The van der Waals surface area contributed by atoms with E-state index < -0.39 is 11.7 Å². The van der Waals surface area contributed by atoms with Crippen LogP contribution in [-0.2, 0) is 10.8 Å². The fourth-order valence-corrected chi connectivity index (χ4v) is 4.36. The van der Waals surface area contributed by atoms with Gasteiger partial charge >= 0.3 is 6.18 Å². The molecule has 0 atom stereocenters. The van der Waals surface area contributed by atoms with Crippen LogP contribution in [0.3, 0.4) is 0 Å². The van der Waals surface area contributed by atoms with E-state index in [9.17, 15) is 13.2 Å². The molecule has 2 aliphatic rings. The predicted molar refractivity (Wildman–Crippen MR) is 112 cm³/mol. The van der Waals surface area contributed by atoms with Crippen molar-refractivity contribution in [1.29, 1.82) is 5.26 Å². The molecule has 0 unspecified atom stereocenters. The second-order valence-electron chi connectivity index (χ2n) is 9.57. The molecule has 154 valence electrons. The molecule has 0 radical (unpaired) electrons. The monoisotopic (exact) mass is 399 g/mol. The van der Waals surface area contributed by atoms with Crippen molar-refractivity contribution in [3.05, 3.63) is 63.3 Å². The van der Waals surface area contributed by atoms with Gasteiger partial charge in [-0.05, 0) is 83.4 Å². The molecule has 0 spiro atoms. The number of aryl methyl sites for hydroxylation is 1. The van der Waals surface area contributed by atoms with E-state index in [0.717, 1.165) is 24.0 Å². The van der Waals surface area contributed by atoms with Gasteiger partial charge < -0.3 is 0 Å². The van der Waals surface area contributed by atoms with Crippen LogP contribution >= 0.6 is 0 Å². The molecule has 0 aliphatic heterocycles. The van der Waals surface area contributed by atoms with E-state index in [-0.39, 0.29) is 22.8 Å². The normalized spacial score (nSPS) is 21.0. The van der Waals surface area contributed by atoms with Gasteiger partial charge in [-0.3, -0.25) is 0 Å². The first-order valence-electron chi connectivity index (χ1n) is 10.1. The second kappa shape index (κ2) is 7.20. The highest BCUT2D eigenvalue weighted by Crippen LogP contribution is 2.47. The Morgan fingerprint density at radius 3 is 2.07 bits per heavy atom. The third-order valence-electron chi connectivity index (χ3n) is 6.48. The summed E-state index contributed by atoms with van der Waals surface area (Å²) in [4.78, 5) is 0. The van der Waals surface area contributed by atoms with Gasteiger partial charge in [0.2, 0.25) is 0 Å². The summed E-state index contributed by atoms with van der Waals surface area (Å²) in [5.41, 5.74) is 3.99. The van der Waals surface area contributed by atoms with Crippen LogP contribution in [0.2, 0.25) is 0 Å². The number of halogens is 3. The maximum absolute atomic E-state index is 13.9. The van der Waals surface area contributed by atoms with E-state index in [2.05, 4.69) is 33.8 Å². The largest absolute Gasteiger partial charge is 0.416 e. The van der Waals surface area contributed by atoms with Gasteiger partial charge in [0.1, 0.15) is 0 Å². The maximum Gasteiger partial charge on any atom is 0.416 e. The van der Waals surface area contributed by atoms with E-state index in [4.69, 9.17) is 5.26 Å². The number of nitriles is 1. The highest BCUT2D eigenvalue weighted by molar-refractivity contribution is 5.66. The van der Waals surface area contributed by atoms with E-state index in [1.54, 1.807) is 0 Å². The Labute approximate surface area is 171 Å². The van der Waals surface area contributed by atoms with Crippen LogP contribution in [0, 0.1) is 18.3 Å². The van der Waals surface area contributed by atoms with Gasteiger partial charge in [0.15, 0.2) is 0 Å². The third-order valence-corrected chi connectivity index (χ3v) is 6.48. The van der Waals surface area contributed by atoms with Gasteiger partial charge in [0.05, 0.1) is 11.6 Å². The van der Waals surface area contributed by atoms with Gasteiger partial charge in [-0.25, -0.2) is 0 Å². The minimum absolute atomic E-state index is 0.0229. The first-order valence-corrected chi connectivity index (χ1v) is 10.1. The zero-order valence-electron chi connectivity index (χ0n) is 17.8. The zero-order chi connectivity index (χ0) is 21.6. The molecule has 0 saturated heterocycles. The Bertz CT molecular complexity index is 963. The summed E-state index contributed by atoms with van der Waals surface area (Å²) in [7, 11) is 0. The van der Waals surface area contributed by atoms with Crippen LogP contribution in [0.4, 0.5) is 13.2 Å². The molecule has 0 fully saturated rings. The van der Waals surface area contributed by atoms with Crippen molar-refractivity contribution >= 4 is 6.08 Å². The van der Waals surface area contributed by atoms with Crippen molar-refractivity contribution in [2.45, 2.75) is 77.3 Å². The number of rotatable bonds is 2. The van der Waals surface area contributed by atoms with Gasteiger partial charge in [0.25, 0.3) is 0 Å². The molecule has 1 aromatic rings. The molecule has 4 heteroatoms. The lowest BCUT2D eigenvalue weighted by molar-refractivity contribution is -0.0886. The van der Waals surface area contributed by atoms with Crippen molar-refractivity contribution in [1.82, 2.24) is 0 Å². The highest BCUT2D eigenvalue weighted by atomic mass is 19.4. The molecule has 0 N–H and O–H groups in total. The third kappa shape index (κ3) is 4.20. The van der Waals surface area contributed by atoms with Crippen LogP contribution in [0.15, 0.2) is 41.0 Å². The molecular weight excluding hydrogens is 371 g/mol. The summed E-state index contributed by atoms with van der Waals surface area (Å²) >= 11 is 0. The average Bonchev–Trinajstić information content (AvgIpc) is 2.63. The number of allylic oxidation sites excluding steroid dienone is 5. The van der Waals surface area contributed by atoms with Crippen molar-refractivity contribution in [2.24, 2.45) is 0 Å². The average molecular weight is 400 g/mol. The van der Waals surface area contributed by atoms with E-state index in [1.165, 1.54) is 23.8 Å². The lowest BCUT2D eigenvalue weighted by Crippen LogP contribution is -2.34. The van der Waals surface area contributed by atoms with Crippen molar-refractivity contribution in [3.8, 4) is 6.07 Å². The lowest BCUT2D eigenvalue weighted by Gasteiger charge is -2.42. The smallest absolute Gasteiger partial charge is 0.193 e. The van der Waals surface area contributed by atoms with Crippen LogP contribution in [0.5, 0.6) is 0 Å². The van der Waals surface area contributed by atoms with E-state index >= 15 is 0 Å². The lowest BCUT2D eigenvalue weighted by atomic mass is 9.62. The molecule has 3 rings (SSSR count). The van der Waals surface area contributed by atoms with Crippen molar-refractivity contribution < 1.29 is 13.2 Å². The fraction of sp³-hybridized carbons (Fsp3) is 0.480. The maximum atomic E-state index is 13.9. The van der Waals surface area contributed by atoms with Gasteiger partial charge in [-0.15, -0.1) is 0 Å². The minimum Gasteiger partial charge on any atom is -0.193 e. The molecule has 2 aliphatic carbocycles. The summed E-state index contributed by atoms with van der Waals surface area (Å²) in [5, 5.41) is 8.97. The number of hydrogen-bond donors (Lipinski definition) is 0. The molecule has 0 amide bonds. The SMILES string of the molecule is Cc1cc2c(cc1/C=C(\C1=CC=C(C#N)CC1)C(F)(F)F)C(C)(C)CCC2(C)C. The molecule has 1 aromatic carbocycles. The summed E-state index contributed by atoms with van der Waals surface area (Å²) in [6.45, 7) is 10.7. The number of fused-ring (bicyclic) bond motifs is 1. The molecular formula is C25H28F3N. The van der Waals surface area contributed by atoms with Crippen molar-refractivity contribution in [2.75, 3.05) is 0 Å². The molecule has 29 heavy (non-hydrogen) atoms. The van der Waals surface area contributed by atoms with Gasteiger partial charge in [-0.2, -0.15) is 18.4 Å². The van der Waals surface area contributed by atoms with Gasteiger partial charge in [-0.1, -0.05) is 45.9 Å². The summed E-state index contributed by atoms with van der Waals surface area (Å²) in [5.74, 6) is 0. The predicted octanol–water partition coefficient (Wildman–Crippen LogP) is 7.46. The summed E-state index contributed by atoms with van der Waals surface area (Å²) in [6, 6.07) is 6.08. The number of benzene rings is 1. The number of hydrogen-bond acceptors (Lipinski definition) is 1. The number of nitrogens with zero attached hydrogens (tertiary/aromatic N) is 1. The first kappa shape index (κ1) is 21.4. The molecule has 0 saturated carbocycles. The summed E-state index contributed by atoms with van der Waals surface area (Å²) in [6.07, 6.45) is 2.46. The van der Waals surface area contributed by atoms with Crippen molar-refractivity contribution in [3.63, 3.8) is 0 Å². The Kier molecular flexibility index (Phi) is 5.32. The Balaban J connectivity index is 2.16. The van der Waals surface area contributed by atoms with Crippen LogP contribution in [0.25, 0.3) is 6.08 Å². The Hall–Kier alpha value is -2.28. The summed E-state index contributed by atoms with van der Waals surface area (Å²) < 4.78 is 41.8. The topological polar surface area (TPSA) is 23.8 Å². The quantitative estimate of drug-likeness (QED) is 0.506. The first-order chi connectivity index (χ1) is 13.3. The van der Waals surface area contributed by atoms with Crippen LogP contribution < -0.4 is 0 Å². The molecule has 1 nitrogen and oxygen atoms in total. The zero-order valence-corrected chi connectivity index (χ0v) is 17.8. The molecule has 0 bridgehead atoms. The van der Waals surface area contributed by atoms with E-state index in [0.29, 0.717) is 17.6 Å². The fourth-order valence-electron chi connectivity index (χ4n) is 4.36. The van der Waals surface area contributed by atoms with Crippen LogP contribution in [-0.4, -0.2) is 6.18 Å². The second-order valence-corrected chi connectivity index (χ2v) is 9.57. The number of alkyl halides is 3. The Morgan fingerprint density at radius 1 is 1.00 bits per heavy atom. The molecule has 0 heterocycles. The van der Waals surface area contributed by atoms with Gasteiger partial charge in [0, 0.05) is 5.57 Å². The standard InChI is InChI=1S/C25H28F3N/c1-16-12-21-22(24(4,5)11-10-23(21,2)3)14-19(16)13-20(25(26,27)28)18-8-6-17(15-29)7-9-18/h6,8,12-14H,7,9-11H2,1-5H3/b20-13+. The highest BCUT2D eigenvalue weighted by Gasteiger charge is 2.39.